The van der Waals surface area contributed by atoms with Crippen LogP contribution in [0.15, 0.2) is 42.5 Å². The quantitative estimate of drug-likeness (QED) is 0.779. The van der Waals surface area contributed by atoms with Gasteiger partial charge in [-0.25, -0.2) is 4.79 Å². The Morgan fingerprint density at radius 2 is 1.74 bits per heavy atom. The number of hydrogen-bond acceptors (Lipinski definition) is 3. The summed E-state index contributed by atoms with van der Waals surface area (Å²) < 4.78 is 38.3. The molecule has 0 radical (unpaired) electrons. The molecule has 0 aromatic heterocycles. The Morgan fingerprint density at radius 3 is 2.39 bits per heavy atom. The average molecular weight is 432 g/mol. The first-order chi connectivity index (χ1) is 14.8. The maximum absolute atomic E-state index is 12.8. The number of nitrogens with one attached hydrogen (secondary N) is 2. The SMILES string of the molecule is CNC(=O)N1CC(C(=O)N2CCc3c(cccc3Nc3ccc(C(F)(F)F)cc3)C2)C1. The molecule has 0 aliphatic carbocycles. The van der Waals surface area contributed by atoms with Gasteiger partial charge >= 0.3 is 12.2 Å². The molecule has 4 rings (SSSR count). The molecule has 0 atom stereocenters. The smallest absolute Gasteiger partial charge is 0.355 e. The first-order valence-electron chi connectivity index (χ1n) is 10.1. The zero-order valence-electron chi connectivity index (χ0n) is 17.0. The van der Waals surface area contributed by atoms with Crippen LogP contribution < -0.4 is 10.6 Å². The molecule has 2 aromatic carbocycles. The van der Waals surface area contributed by atoms with E-state index >= 15 is 0 Å². The highest BCUT2D eigenvalue weighted by molar-refractivity contribution is 5.84. The van der Waals surface area contributed by atoms with E-state index in [1.807, 2.05) is 23.1 Å². The molecule has 1 saturated heterocycles. The third kappa shape index (κ3) is 4.30. The fourth-order valence-electron chi connectivity index (χ4n) is 4.03. The normalized spacial score (nSPS) is 16.4. The van der Waals surface area contributed by atoms with Crippen LogP contribution in [-0.4, -0.2) is 48.4 Å². The van der Waals surface area contributed by atoms with E-state index in [9.17, 15) is 22.8 Å². The zero-order valence-corrected chi connectivity index (χ0v) is 17.0. The number of halogens is 3. The van der Waals surface area contributed by atoms with Gasteiger partial charge in [0, 0.05) is 44.6 Å². The van der Waals surface area contributed by atoms with Crippen LogP contribution in [-0.2, 0) is 23.9 Å². The van der Waals surface area contributed by atoms with Crippen LogP contribution in [0.5, 0.6) is 0 Å². The Kier molecular flexibility index (Phi) is 5.51. The highest BCUT2D eigenvalue weighted by atomic mass is 19.4. The summed E-state index contributed by atoms with van der Waals surface area (Å²) in [4.78, 5) is 27.8. The molecule has 3 amide bonds. The van der Waals surface area contributed by atoms with Crippen molar-refractivity contribution in [2.24, 2.45) is 5.92 Å². The molecule has 0 saturated carbocycles. The van der Waals surface area contributed by atoms with Crippen molar-refractivity contribution in [2.45, 2.75) is 19.1 Å². The summed E-state index contributed by atoms with van der Waals surface area (Å²) in [5.74, 6) is -0.126. The lowest BCUT2D eigenvalue weighted by atomic mass is 9.94. The molecule has 2 aliphatic rings. The Balaban J connectivity index is 1.42. The zero-order chi connectivity index (χ0) is 22.2. The van der Waals surface area contributed by atoms with Gasteiger partial charge in [0.2, 0.25) is 5.91 Å². The van der Waals surface area contributed by atoms with Crippen LogP contribution >= 0.6 is 0 Å². The predicted octanol–water partition coefficient (Wildman–Crippen LogP) is 3.60. The van der Waals surface area contributed by atoms with Crippen LogP contribution in [0, 0.1) is 5.92 Å². The number of alkyl halides is 3. The molecular weight excluding hydrogens is 409 g/mol. The van der Waals surface area contributed by atoms with Crippen molar-refractivity contribution in [3.8, 4) is 0 Å². The average Bonchev–Trinajstić information content (AvgIpc) is 2.72. The minimum atomic E-state index is -4.36. The molecule has 0 bridgehead atoms. The second kappa shape index (κ2) is 8.13. The number of hydrogen-bond donors (Lipinski definition) is 2. The molecule has 2 heterocycles. The van der Waals surface area contributed by atoms with Gasteiger partial charge in [0.15, 0.2) is 0 Å². The van der Waals surface area contributed by atoms with Crippen molar-refractivity contribution >= 4 is 23.3 Å². The fourth-order valence-corrected chi connectivity index (χ4v) is 4.03. The number of fused-ring (bicyclic) bond motifs is 1. The van der Waals surface area contributed by atoms with Gasteiger partial charge in [0.25, 0.3) is 0 Å². The first-order valence-corrected chi connectivity index (χ1v) is 10.1. The number of rotatable bonds is 3. The molecule has 0 unspecified atom stereocenters. The highest BCUT2D eigenvalue weighted by Gasteiger charge is 2.38. The standard InChI is InChI=1S/C22H23F3N4O2/c1-26-21(31)29-12-15(13-29)20(30)28-10-9-18-14(11-28)3-2-4-19(18)27-17-7-5-16(6-8-17)22(23,24)25/h2-8,15,27H,9-13H2,1H3,(H,26,31). The molecule has 2 aliphatic heterocycles. The molecule has 9 heteroatoms. The van der Waals surface area contributed by atoms with E-state index in [4.69, 9.17) is 0 Å². The number of benzene rings is 2. The highest BCUT2D eigenvalue weighted by Crippen LogP contribution is 2.33. The van der Waals surface area contributed by atoms with E-state index in [1.54, 1.807) is 11.9 Å². The van der Waals surface area contributed by atoms with Gasteiger partial charge in [-0.05, 0) is 47.9 Å². The van der Waals surface area contributed by atoms with Gasteiger partial charge < -0.3 is 20.4 Å². The maximum Gasteiger partial charge on any atom is 0.416 e. The third-order valence-corrected chi connectivity index (χ3v) is 5.80. The van der Waals surface area contributed by atoms with Gasteiger partial charge in [-0.1, -0.05) is 12.1 Å². The molecule has 31 heavy (non-hydrogen) atoms. The number of likely N-dealkylation sites (tertiary alicyclic amines) is 1. The second-order valence-electron chi connectivity index (χ2n) is 7.81. The number of amides is 3. The van der Waals surface area contributed by atoms with E-state index in [0.29, 0.717) is 38.3 Å². The van der Waals surface area contributed by atoms with E-state index in [0.717, 1.165) is 28.9 Å². The molecule has 0 spiro atoms. The van der Waals surface area contributed by atoms with Crippen LogP contribution in [0.1, 0.15) is 16.7 Å². The lowest BCUT2D eigenvalue weighted by molar-refractivity contribution is -0.140. The number of nitrogens with zero attached hydrogens (tertiary/aromatic N) is 2. The van der Waals surface area contributed by atoms with E-state index in [2.05, 4.69) is 10.6 Å². The van der Waals surface area contributed by atoms with Crippen molar-refractivity contribution in [2.75, 3.05) is 32.0 Å². The number of carbonyl (C=O) groups is 2. The molecule has 2 N–H and O–H groups in total. The summed E-state index contributed by atoms with van der Waals surface area (Å²) in [5, 5.41) is 5.76. The van der Waals surface area contributed by atoms with Gasteiger partial charge in [-0.2, -0.15) is 13.2 Å². The maximum atomic E-state index is 12.8. The van der Waals surface area contributed by atoms with Gasteiger partial charge in [-0.15, -0.1) is 0 Å². The summed E-state index contributed by atoms with van der Waals surface area (Å²) in [6.45, 7) is 1.90. The van der Waals surface area contributed by atoms with Crippen LogP contribution in [0.25, 0.3) is 0 Å². The van der Waals surface area contributed by atoms with Crippen LogP contribution in [0.4, 0.5) is 29.3 Å². The Bertz CT molecular complexity index is 985. The van der Waals surface area contributed by atoms with Crippen molar-refractivity contribution in [1.82, 2.24) is 15.1 Å². The largest absolute Gasteiger partial charge is 0.416 e. The van der Waals surface area contributed by atoms with Gasteiger partial charge in [-0.3, -0.25) is 4.79 Å². The second-order valence-corrected chi connectivity index (χ2v) is 7.81. The minimum absolute atomic E-state index is 0.0481. The van der Waals surface area contributed by atoms with E-state index in [1.165, 1.54) is 12.1 Å². The van der Waals surface area contributed by atoms with Crippen molar-refractivity contribution in [3.63, 3.8) is 0 Å². The summed E-state index contributed by atoms with van der Waals surface area (Å²) in [6, 6.07) is 10.5. The Morgan fingerprint density at radius 1 is 1.03 bits per heavy atom. The number of carbonyl (C=O) groups excluding carboxylic acids is 2. The first kappa shape index (κ1) is 21.0. The summed E-state index contributed by atoms with van der Waals surface area (Å²) in [5.41, 5.74) is 2.79. The van der Waals surface area contributed by atoms with Gasteiger partial charge in [0.1, 0.15) is 0 Å². The van der Waals surface area contributed by atoms with E-state index in [-0.39, 0.29) is 17.9 Å². The molecule has 2 aromatic rings. The van der Waals surface area contributed by atoms with E-state index < -0.39 is 11.7 Å². The molecule has 164 valence electrons. The summed E-state index contributed by atoms with van der Waals surface area (Å²) >= 11 is 0. The van der Waals surface area contributed by atoms with Gasteiger partial charge in [0.05, 0.1) is 11.5 Å². The lowest BCUT2D eigenvalue weighted by Crippen LogP contribution is -2.58. The number of urea groups is 1. The Hall–Kier alpha value is -3.23. The predicted molar refractivity (Wildman–Crippen MR) is 110 cm³/mol. The van der Waals surface area contributed by atoms with Crippen molar-refractivity contribution in [3.05, 3.63) is 59.2 Å². The third-order valence-electron chi connectivity index (χ3n) is 5.80. The minimum Gasteiger partial charge on any atom is -0.355 e. The topological polar surface area (TPSA) is 64.7 Å². The van der Waals surface area contributed by atoms with Crippen LogP contribution in [0.2, 0.25) is 0 Å². The van der Waals surface area contributed by atoms with Crippen LogP contribution in [0.3, 0.4) is 0 Å². The Labute approximate surface area is 178 Å². The van der Waals surface area contributed by atoms with Crippen molar-refractivity contribution in [1.29, 1.82) is 0 Å². The summed E-state index contributed by atoms with van der Waals surface area (Å²) in [7, 11) is 1.56. The number of anilines is 2. The van der Waals surface area contributed by atoms with Crippen molar-refractivity contribution < 1.29 is 22.8 Å². The summed E-state index contributed by atoms with van der Waals surface area (Å²) in [6.07, 6.45) is -3.71. The molecular formula is C22H23F3N4O2. The lowest BCUT2D eigenvalue weighted by Gasteiger charge is -2.41. The monoisotopic (exact) mass is 432 g/mol. The molecule has 6 nitrogen and oxygen atoms in total. The molecule has 1 fully saturated rings. The fraction of sp³-hybridized carbons (Fsp3) is 0.364.